The Balaban J connectivity index is 2.97. The van der Waals surface area contributed by atoms with Gasteiger partial charge in [0.15, 0.2) is 0 Å². The number of carboxylic acid groups (broad SMARTS) is 1. The van der Waals surface area contributed by atoms with Gasteiger partial charge in [0, 0.05) is 29.9 Å². The lowest BCUT2D eigenvalue weighted by Crippen LogP contribution is -2.50. The molecule has 0 saturated heterocycles. The number of hydrogen-bond donors (Lipinski definition) is 1. The zero-order chi connectivity index (χ0) is 14.0. The van der Waals surface area contributed by atoms with Gasteiger partial charge in [-0.1, -0.05) is 13.8 Å². The van der Waals surface area contributed by atoms with Gasteiger partial charge in [-0.3, -0.25) is 4.98 Å². The van der Waals surface area contributed by atoms with Crippen LogP contribution in [0.5, 0.6) is 0 Å². The normalized spacial score (nSPS) is 12.3. The largest absolute Gasteiger partial charge is 0.465 e. The molecule has 0 atom stereocenters. The summed E-state index contributed by atoms with van der Waals surface area (Å²) in [6, 6.07) is 3.87. The molecule has 1 rings (SSSR count). The first-order valence-corrected chi connectivity index (χ1v) is 6.06. The van der Waals surface area contributed by atoms with E-state index in [1.807, 2.05) is 46.8 Å². The summed E-state index contributed by atoms with van der Waals surface area (Å²) in [5.41, 5.74) is 0.443. The van der Waals surface area contributed by atoms with Crippen LogP contribution in [0.25, 0.3) is 0 Å². The van der Waals surface area contributed by atoms with E-state index >= 15 is 0 Å². The summed E-state index contributed by atoms with van der Waals surface area (Å²) >= 11 is 0. The van der Waals surface area contributed by atoms with Crippen LogP contribution in [0.2, 0.25) is 0 Å². The summed E-state index contributed by atoms with van der Waals surface area (Å²) in [5.74, 6) is 0. The van der Waals surface area contributed by atoms with E-state index in [2.05, 4.69) is 4.98 Å². The number of amides is 1. The molecule has 0 aliphatic carbocycles. The quantitative estimate of drug-likeness (QED) is 0.896. The van der Waals surface area contributed by atoms with E-state index in [0.29, 0.717) is 6.54 Å². The molecule has 0 aliphatic heterocycles. The Bertz CT molecular complexity index is 408. The monoisotopic (exact) mass is 250 g/mol. The highest BCUT2D eigenvalue weighted by molar-refractivity contribution is 5.66. The van der Waals surface area contributed by atoms with Crippen molar-refractivity contribution in [2.24, 2.45) is 0 Å². The van der Waals surface area contributed by atoms with Gasteiger partial charge in [0.1, 0.15) is 0 Å². The van der Waals surface area contributed by atoms with E-state index in [0.717, 1.165) is 5.56 Å². The van der Waals surface area contributed by atoms with Crippen molar-refractivity contribution < 1.29 is 9.90 Å². The van der Waals surface area contributed by atoms with Crippen molar-refractivity contribution in [2.45, 2.75) is 45.6 Å². The standard InChI is InChI=1S/C14H22N2O2/c1-13(2,3)16(12(17)18)10-14(4,5)11-6-8-15-9-7-11/h6-9H,10H2,1-5H3,(H,17,18). The van der Waals surface area contributed by atoms with Crippen LogP contribution >= 0.6 is 0 Å². The summed E-state index contributed by atoms with van der Waals surface area (Å²) < 4.78 is 0. The van der Waals surface area contributed by atoms with Crippen molar-refractivity contribution in [1.29, 1.82) is 0 Å². The van der Waals surface area contributed by atoms with Crippen LogP contribution in [-0.4, -0.2) is 33.2 Å². The van der Waals surface area contributed by atoms with Crippen molar-refractivity contribution in [3.05, 3.63) is 30.1 Å². The first kappa shape index (κ1) is 14.5. The van der Waals surface area contributed by atoms with Crippen molar-refractivity contribution in [3.8, 4) is 0 Å². The highest BCUT2D eigenvalue weighted by Gasteiger charge is 2.33. The molecule has 0 aromatic carbocycles. The minimum absolute atomic E-state index is 0.241. The molecule has 0 unspecified atom stereocenters. The molecule has 0 radical (unpaired) electrons. The molecule has 0 saturated carbocycles. The van der Waals surface area contributed by atoms with E-state index < -0.39 is 11.6 Å². The molecule has 0 bridgehead atoms. The highest BCUT2D eigenvalue weighted by atomic mass is 16.4. The summed E-state index contributed by atoms with van der Waals surface area (Å²) in [7, 11) is 0. The van der Waals surface area contributed by atoms with Gasteiger partial charge in [-0.15, -0.1) is 0 Å². The molecule has 1 aromatic rings. The highest BCUT2D eigenvalue weighted by Crippen LogP contribution is 2.27. The smallest absolute Gasteiger partial charge is 0.407 e. The molecule has 1 amide bonds. The van der Waals surface area contributed by atoms with Crippen LogP contribution in [0, 0.1) is 0 Å². The lowest BCUT2D eigenvalue weighted by atomic mass is 9.83. The van der Waals surface area contributed by atoms with Crippen molar-refractivity contribution in [3.63, 3.8) is 0 Å². The van der Waals surface area contributed by atoms with Gasteiger partial charge < -0.3 is 10.0 Å². The zero-order valence-electron chi connectivity index (χ0n) is 11.8. The number of carbonyl (C=O) groups is 1. The van der Waals surface area contributed by atoms with Gasteiger partial charge in [-0.2, -0.15) is 0 Å². The van der Waals surface area contributed by atoms with Crippen LogP contribution in [0.3, 0.4) is 0 Å². The van der Waals surface area contributed by atoms with Crippen molar-refractivity contribution in [2.75, 3.05) is 6.54 Å². The van der Waals surface area contributed by atoms with E-state index in [4.69, 9.17) is 0 Å². The lowest BCUT2D eigenvalue weighted by molar-refractivity contribution is 0.0867. The second kappa shape index (κ2) is 4.96. The Morgan fingerprint density at radius 3 is 2.11 bits per heavy atom. The molecule has 0 aliphatic rings. The molecule has 0 fully saturated rings. The molecule has 4 nitrogen and oxygen atoms in total. The van der Waals surface area contributed by atoms with Crippen LogP contribution in [-0.2, 0) is 5.41 Å². The molecule has 0 spiro atoms. The second-order valence-electron chi connectivity index (χ2n) is 6.16. The Morgan fingerprint density at radius 2 is 1.72 bits per heavy atom. The molecule has 4 heteroatoms. The summed E-state index contributed by atoms with van der Waals surface area (Å²) in [6.07, 6.45) is 2.59. The average molecular weight is 250 g/mol. The van der Waals surface area contributed by atoms with Crippen LogP contribution in [0.4, 0.5) is 4.79 Å². The molecular formula is C14H22N2O2. The fourth-order valence-electron chi connectivity index (χ4n) is 1.88. The summed E-state index contributed by atoms with van der Waals surface area (Å²) in [5, 5.41) is 9.33. The number of nitrogens with zero attached hydrogens (tertiary/aromatic N) is 2. The SMILES string of the molecule is CC(C)(CN(C(=O)O)C(C)(C)C)c1ccncc1. The predicted molar refractivity (Wildman–Crippen MR) is 71.7 cm³/mol. The number of rotatable bonds is 3. The van der Waals surface area contributed by atoms with Crippen molar-refractivity contribution in [1.82, 2.24) is 9.88 Å². The van der Waals surface area contributed by atoms with Gasteiger partial charge in [-0.05, 0) is 38.5 Å². The lowest BCUT2D eigenvalue weighted by Gasteiger charge is -2.39. The number of pyridine rings is 1. The van der Waals surface area contributed by atoms with E-state index in [1.165, 1.54) is 4.90 Å². The minimum atomic E-state index is -0.885. The number of hydrogen-bond acceptors (Lipinski definition) is 2. The van der Waals surface area contributed by atoms with Crippen LogP contribution in [0.1, 0.15) is 40.2 Å². The van der Waals surface area contributed by atoms with E-state index in [-0.39, 0.29) is 5.41 Å². The topological polar surface area (TPSA) is 53.4 Å². The first-order valence-electron chi connectivity index (χ1n) is 6.06. The Morgan fingerprint density at radius 1 is 1.22 bits per heavy atom. The molecule has 1 N–H and O–H groups in total. The molecule has 100 valence electrons. The zero-order valence-corrected chi connectivity index (χ0v) is 11.8. The van der Waals surface area contributed by atoms with Gasteiger partial charge in [-0.25, -0.2) is 4.79 Å². The van der Waals surface area contributed by atoms with E-state index in [9.17, 15) is 9.90 Å². The first-order chi connectivity index (χ1) is 8.14. The Kier molecular flexibility index (Phi) is 3.99. The summed E-state index contributed by atoms with van der Waals surface area (Å²) in [4.78, 5) is 16.8. The maximum atomic E-state index is 11.4. The van der Waals surface area contributed by atoms with Gasteiger partial charge >= 0.3 is 6.09 Å². The molecule has 1 aromatic heterocycles. The maximum absolute atomic E-state index is 11.4. The van der Waals surface area contributed by atoms with Crippen LogP contribution in [0.15, 0.2) is 24.5 Å². The van der Waals surface area contributed by atoms with Gasteiger partial charge in [0.2, 0.25) is 0 Å². The fraction of sp³-hybridized carbons (Fsp3) is 0.571. The third kappa shape index (κ3) is 3.45. The second-order valence-corrected chi connectivity index (χ2v) is 6.16. The fourth-order valence-corrected chi connectivity index (χ4v) is 1.88. The molecule has 1 heterocycles. The number of aromatic nitrogens is 1. The maximum Gasteiger partial charge on any atom is 0.407 e. The molecular weight excluding hydrogens is 228 g/mol. The van der Waals surface area contributed by atoms with Crippen molar-refractivity contribution >= 4 is 6.09 Å². The Hall–Kier alpha value is -1.58. The average Bonchev–Trinajstić information content (AvgIpc) is 2.25. The summed E-state index contributed by atoms with van der Waals surface area (Å²) in [6.45, 7) is 10.3. The van der Waals surface area contributed by atoms with E-state index in [1.54, 1.807) is 12.4 Å². The molecule has 18 heavy (non-hydrogen) atoms. The predicted octanol–water partition coefficient (Wildman–Crippen LogP) is 3.14. The third-order valence-corrected chi connectivity index (χ3v) is 3.06. The minimum Gasteiger partial charge on any atom is -0.465 e. The Labute approximate surface area is 109 Å². The van der Waals surface area contributed by atoms with Gasteiger partial charge in [0.25, 0.3) is 0 Å². The third-order valence-electron chi connectivity index (χ3n) is 3.06. The van der Waals surface area contributed by atoms with Gasteiger partial charge in [0.05, 0.1) is 0 Å². The van der Waals surface area contributed by atoms with Crippen LogP contribution < -0.4 is 0 Å².